The molecule has 0 saturated carbocycles. The van der Waals surface area contributed by atoms with Crippen molar-refractivity contribution in [1.82, 2.24) is 5.43 Å². The van der Waals surface area contributed by atoms with Gasteiger partial charge in [0.1, 0.15) is 11.8 Å². The standard InChI is InChI=1S/C19H17F3N4O3/c1-12-18(28)26(14-7-3-2-4-8-14)25-16(23-12)17(27)24-13-6-5-9-15(10-13)29-11-19(20,21)22/h2-10,12H,11H2,1H3,(H,23,25)(H,24,27). The Labute approximate surface area is 164 Å². The summed E-state index contributed by atoms with van der Waals surface area (Å²) in [7, 11) is 0. The Hall–Kier alpha value is -3.56. The molecule has 29 heavy (non-hydrogen) atoms. The van der Waals surface area contributed by atoms with Crippen LogP contribution < -0.4 is 20.5 Å². The molecule has 152 valence electrons. The zero-order valence-corrected chi connectivity index (χ0v) is 15.2. The quantitative estimate of drug-likeness (QED) is 0.800. The van der Waals surface area contributed by atoms with E-state index in [9.17, 15) is 22.8 Å². The Balaban J connectivity index is 1.72. The molecule has 10 heteroatoms. The van der Waals surface area contributed by atoms with E-state index < -0.39 is 24.7 Å². The van der Waals surface area contributed by atoms with Gasteiger partial charge >= 0.3 is 6.18 Å². The fourth-order valence-corrected chi connectivity index (χ4v) is 2.52. The Bertz CT molecular complexity index is 932. The molecule has 0 fully saturated rings. The molecule has 0 saturated heterocycles. The number of amidine groups is 1. The highest BCUT2D eigenvalue weighted by Gasteiger charge is 2.31. The van der Waals surface area contributed by atoms with Gasteiger partial charge < -0.3 is 10.1 Å². The second-order valence-corrected chi connectivity index (χ2v) is 6.16. The zero-order chi connectivity index (χ0) is 21.0. The molecule has 0 spiro atoms. The molecule has 0 bridgehead atoms. The van der Waals surface area contributed by atoms with E-state index >= 15 is 0 Å². The third kappa shape index (κ3) is 5.24. The summed E-state index contributed by atoms with van der Waals surface area (Å²) < 4.78 is 41.5. The van der Waals surface area contributed by atoms with Crippen LogP contribution in [0.5, 0.6) is 5.75 Å². The lowest BCUT2D eigenvalue weighted by Gasteiger charge is -2.30. The number of ether oxygens (including phenoxy) is 1. The summed E-state index contributed by atoms with van der Waals surface area (Å²) in [5, 5.41) is 3.74. The number of alkyl halides is 3. The lowest BCUT2D eigenvalue weighted by Crippen LogP contribution is -2.57. The van der Waals surface area contributed by atoms with Crippen LogP contribution in [0.4, 0.5) is 24.5 Å². The van der Waals surface area contributed by atoms with E-state index in [0.29, 0.717) is 5.69 Å². The number of rotatable bonds is 5. The van der Waals surface area contributed by atoms with Gasteiger partial charge in [0.15, 0.2) is 6.61 Å². The van der Waals surface area contributed by atoms with E-state index in [-0.39, 0.29) is 23.2 Å². The van der Waals surface area contributed by atoms with Crippen LogP contribution in [0.25, 0.3) is 0 Å². The molecular formula is C19H17F3N4O3. The fraction of sp³-hybridized carbons (Fsp3) is 0.211. The van der Waals surface area contributed by atoms with Crippen LogP contribution in [-0.4, -0.2) is 36.5 Å². The minimum absolute atomic E-state index is 0.0480. The van der Waals surface area contributed by atoms with Crippen molar-refractivity contribution in [3.8, 4) is 5.75 Å². The van der Waals surface area contributed by atoms with Crippen LogP contribution in [0.3, 0.4) is 0 Å². The maximum Gasteiger partial charge on any atom is 0.422 e. The number of carbonyl (C=O) groups excluding carboxylic acids is 2. The van der Waals surface area contributed by atoms with Gasteiger partial charge in [0.2, 0.25) is 5.84 Å². The van der Waals surface area contributed by atoms with Crippen molar-refractivity contribution in [2.24, 2.45) is 4.99 Å². The summed E-state index contributed by atoms with van der Waals surface area (Å²) in [6.07, 6.45) is -4.47. The second kappa shape index (κ2) is 8.21. The van der Waals surface area contributed by atoms with Crippen LogP contribution in [0.15, 0.2) is 59.6 Å². The summed E-state index contributed by atoms with van der Waals surface area (Å²) in [6, 6.07) is 13.4. The number of aliphatic imine (C=N–C) groups is 1. The van der Waals surface area contributed by atoms with Gasteiger partial charge in [-0.3, -0.25) is 15.0 Å². The monoisotopic (exact) mass is 406 g/mol. The van der Waals surface area contributed by atoms with E-state index in [1.807, 2.05) is 0 Å². The van der Waals surface area contributed by atoms with Gasteiger partial charge in [-0.1, -0.05) is 24.3 Å². The first-order valence-corrected chi connectivity index (χ1v) is 8.57. The summed E-state index contributed by atoms with van der Waals surface area (Å²) >= 11 is 0. The van der Waals surface area contributed by atoms with E-state index in [4.69, 9.17) is 0 Å². The summed E-state index contributed by atoms with van der Waals surface area (Å²) in [5.41, 5.74) is 3.42. The van der Waals surface area contributed by atoms with Gasteiger partial charge in [0, 0.05) is 11.8 Å². The third-order valence-corrected chi connectivity index (χ3v) is 3.84. The topological polar surface area (TPSA) is 83.0 Å². The smallest absolute Gasteiger partial charge is 0.422 e. The van der Waals surface area contributed by atoms with Gasteiger partial charge in [-0.25, -0.2) is 10.0 Å². The first-order valence-electron chi connectivity index (χ1n) is 8.57. The first-order chi connectivity index (χ1) is 13.7. The lowest BCUT2D eigenvalue weighted by atomic mass is 10.2. The highest BCUT2D eigenvalue weighted by atomic mass is 19.4. The second-order valence-electron chi connectivity index (χ2n) is 6.16. The predicted molar refractivity (Wildman–Crippen MR) is 101 cm³/mol. The Morgan fingerprint density at radius 3 is 2.62 bits per heavy atom. The van der Waals surface area contributed by atoms with Crippen molar-refractivity contribution in [1.29, 1.82) is 0 Å². The molecule has 1 heterocycles. The number of nitrogens with zero attached hydrogens (tertiary/aromatic N) is 2. The fourth-order valence-electron chi connectivity index (χ4n) is 2.52. The van der Waals surface area contributed by atoms with Gasteiger partial charge in [-0.05, 0) is 31.2 Å². The normalized spacial score (nSPS) is 16.7. The summed E-state index contributed by atoms with van der Waals surface area (Å²) in [6.45, 7) is 0.113. The number of carbonyl (C=O) groups is 2. The largest absolute Gasteiger partial charge is 0.484 e. The maximum atomic E-state index is 12.6. The van der Waals surface area contributed by atoms with Crippen molar-refractivity contribution >= 4 is 29.0 Å². The van der Waals surface area contributed by atoms with Gasteiger partial charge in [0.25, 0.3) is 11.8 Å². The lowest BCUT2D eigenvalue weighted by molar-refractivity contribution is -0.153. The number of hydrogen-bond acceptors (Lipinski definition) is 5. The van der Waals surface area contributed by atoms with E-state index in [1.54, 1.807) is 37.3 Å². The number of para-hydroxylation sites is 1. The number of anilines is 2. The molecule has 2 N–H and O–H groups in total. The van der Waals surface area contributed by atoms with Gasteiger partial charge in [-0.15, -0.1) is 0 Å². The molecule has 2 amide bonds. The highest BCUT2D eigenvalue weighted by molar-refractivity contribution is 6.43. The summed E-state index contributed by atoms with van der Waals surface area (Å²) in [4.78, 5) is 29.0. The molecule has 0 aliphatic carbocycles. The number of halogens is 3. The minimum atomic E-state index is -4.47. The van der Waals surface area contributed by atoms with E-state index in [2.05, 4.69) is 20.5 Å². The molecule has 2 aromatic carbocycles. The number of benzene rings is 2. The zero-order valence-electron chi connectivity index (χ0n) is 15.2. The van der Waals surface area contributed by atoms with Gasteiger partial charge in [-0.2, -0.15) is 13.2 Å². The number of amides is 2. The van der Waals surface area contributed by atoms with Crippen molar-refractivity contribution in [2.75, 3.05) is 16.9 Å². The molecule has 2 aromatic rings. The third-order valence-electron chi connectivity index (χ3n) is 3.84. The molecule has 7 nitrogen and oxygen atoms in total. The van der Waals surface area contributed by atoms with Crippen LogP contribution in [0.2, 0.25) is 0 Å². The molecule has 1 aliphatic rings. The molecule has 1 atom stereocenters. The Morgan fingerprint density at radius 1 is 1.21 bits per heavy atom. The molecule has 0 aromatic heterocycles. The maximum absolute atomic E-state index is 12.6. The van der Waals surface area contributed by atoms with E-state index in [1.165, 1.54) is 29.3 Å². The van der Waals surface area contributed by atoms with Crippen molar-refractivity contribution < 1.29 is 27.5 Å². The predicted octanol–water partition coefficient (Wildman–Crippen LogP) is 2.90. The van der Waals surface area contributed by atoms with Crippen LogP contribution in [-0.2, 0) is 9.59 Å². The molecular weight excluding hydrogens is 389 g/mol. The number of hydrazine groups is 1. The van der Waals surface area contributed by atoms with Crippen molar-refractivity contribution in [3.63, 3.8) is 0 Å². The van der Waals surface area contributed by atoms with Gasteiger partial charge in [0.05, 0.1) is 5.69 Å². The molecule has 1 unspecified atom stereocenters. The minimum Gasteiger partial charge on any atom is -0.484 e. The summed E-state index contributed by atoms with van der Waals surface area (Å²) in [5.74, 6) is -1.15. The highest BCUT2D eigenvalue weighted by Crippen LogP contribution is 2.22. The number of nitrogens with one attached hydrogen (secondary N) is 2. The number of hydrogen-bond donors (Lipinski definition) is 2. The van der Waals surface area contributed by atoms with Crippen LogP contribution in [0, 0.1) is 0 Å². The van der Waals surface area contributed by atoms with Crippen molar-refractivity contribution in [2.45, 2.75) is 19.1 Å². The Morgan fingerprint density at radius 2 is 1.93 bits per heavy atom. The average Bonchev–Trinajstić information content (AvgIpc) is 2.69. The average molecular weight is 406 g/mol. The SMILES string of the molecule is CC1N=C(C(=O)Nc2cccc(OCC(F)(F)F)c2)NN(c2ccccc2)C1=O. The van der Waals surface area contributed by atoms with Crippen LogP contribution >= 0.6 is 0 Å². The van der Waals surface area contributed by atoms with Crippen LogP contribution in [0.1, 0.15) is 6.92 Å². The first kappa shape index (κ1) is 20.2. The van der Waals surface area contributed by atoms with Crippen molar-refractivity contribution in [3.05, 3.63) is 54.6 Å². The van der Waals surface area contributed by atoms with E-state index in [0.717, 1.165) is 0 Å². The molecule has 1 aliphatic heterocycles. The molecule has 0 radical (unpaired) electrons. The molecule has 3 rings (SSSR count). The Kier molecular flexibility index (Phi) is 5.71.